The van der Waals surface area contributed by atoms with E-state index in [1.807, 2.05) is 0 Å². The van der Waals surface area contributed by atoms with E-state index >= 15 is 0 Å². The average Bonchev–Trinajstić information content (AvgIpc) is 2.82. The van der Waals surface area contributed by atoms with Crippen LogP contribution in [0.2, 0.25) is 0 Å². The quantitative estimate of drug-likeness (QED) is 0.373. The predicted octanol–water partition coefficient (Wildman–Crippen LogP) is 2.52. The fourth-order valence-corrected chi connectivity index (χ4v) is 2.88. The zero-order valence-corrected chi connectivity index (χ0v) is 13.5. The maximum atomic E-state index is 11.9. The highest BCUT2D eigenvalue weighted by Gasteiger charge is 2.18. The molecule has 0 radical (unpaired) electrons. The van der Waals surface area contributed by atoms with Gasteiger partial charge < -0.3 is 10.1 Å². The number of hydrogen-bond donors (Lipinski definition) is 1. The van der Waals surface area contributed by atoms with Crippen molar-refractivity contribution < 1.29 is 19.2 Å². The second kappa shape index (κ2) is 9.00. The summed E-state index contributed by atoms with van der Waals surface area (Å²) < 4.78 is 4.94. The number of nitrogens with zero attached hydrogens (tertiary/aromatic N) is 1. The number of carbonyl (C=O) groups excluding carboxylic acids is 2. The lowest BCUT2D eigenvalue weighted by atomic mass is 10.1. The first kappa shape index (κ1) is 17.9. The third kappa shape index (κ3) is 5.64. The van der Waals surface area contributed by atoms with Gasteiger partial charge in [0.25, 0.3) is 11.6 Å². The Morgan fingerprint density at radius 1 is 1.17 bits per heavy atom. The third-order valence-electron chi connectivity index (χ3n) is 4.11. The second-order valence-electron chi connectivity index (χ2n) is 5.98. The van der Waals surface area contributed by atoms with Gasteiger partial charge >= 0.3 is 5.97 Å². The van der Waals surface area contributed by atoms with E-state index in [1.165, 1.54) is 31.0 Å². The normalized spacial score (nSPS) is 15.3. The SMILES string of the molecule is O=C(COC(=O)Cc1ccccc1[N+](=O)[O-])NC1CCCCCC1. The Labute approximate surface area is 140 Å². The molecule has 1 aliphatic carbocycles. The van der Waals surface area contributed by atoms with E-state index in [4.69, 9.17) is 4.74 Å². The number of nitro benzene ring substituents is 1. The number of hydrogen-bond acceptors (Lipinski definition) is 5. The number of nitrogens with one attached hydrogen (secondary N) is 1. The molecule has 0 aromatic heterocycles. The molecule has 7 nitrogen and oxygen atoms in total. The number of rotatable bonds is 6. The number of para-hydroxylation sites is 1. The standard InChI is InChI=1S/C17H22N2O5/c20-16(18-14-8-3-1-2-4-9-14)12-24-17(21)11-13-7-5-6-10-15(13)19(22)23/h5-7,10,14H,1-4,8-9,11-12H2,(H,18,20). The van der Waals surface area contributed by atoms with E-state index in [0.29, 0.717) is 0 Å². The van der Waals surface area contributed by atoms with E-state index < -0.39 is 10.9 Å². The first-order valence-electron chi connectivity index (χ1n) is 8.23. The molecule has 0 heterocycles. The molecule has 0 aliphatic heterocycles. The maximum Gasteiger partial charge on any atom is 0.311 e. The molecule has 0 bridgehead atoms. The van der Waals surface area contributed by atoms with Crippen molar-refractivity contribution in [2.45, 2.75) is 51.0 Å². The van der Waals surface area contributed by atoms with E-state index in [9.17, 15) is 19.7 Å². The summed E-state index contributed by atoms with van der Waals surface area (Å²) in [6.07, 6.45) is 6.26. The van der Waals surface area contributed by atoms with Crippen LogP contribution in [0.25, 0.3) is 0 Å². The van der Waals surface area contributed by atoms with Crippen LogP contribution in [0.5, 0.6) is 0 Å². The summed E-state index contributed by atoms with van der Waals surface area (Å²) in [5.74, 6) is -0.974. The van der Waals surface area contributed by atoms with Crippen molar-refractivity contribution in [2.24, 2.45) is 0 Å². The van der Waals surface area contributed by atoms with E-state index in [1.54, 1.807) is 6.07 Å². The minimum absolute atomic E-state index is 0.127. The Bertz CT molecular complexity index is 594. The Balaban J connectivity index is 1.78. The van der Waals surface area contributed by atoms with Crippen LogP contribution in [-0.2, 0) is 20.7 Å². The van der Waals surface area contributed by atoms with Crippen LogP contribution in [-0.4, -0.2) is 29.4 Å². The fraction of sp³-hybridized carbons (Fsp3) is 0.529. The Hall–Kier alpha value is -2.44. The molecular formula is C17H22N2O5. The number of carbonyl (C=O) groups is 2. The number of amides is 1. The smallest absolute Gasteiger partial charge is 0.311 e. The predicted molar refractivity (Wildman–Crippen MR) is 87.4 cm³/mol. The van der Waals surface area contributed by atoms with E-state index in [-0.39, 0.29) is 36.2 Å². The van der Waals surface area contributed by atoms with Gasteiger partial charge in [0.15, 0.2) is 6.61 Å². The van der Waals surface area contributed by atoms with Crippen LogP contribution >= 0.6 is 0 Å². The number of ether oxygens (including phenoxy) is 1. The van der Waals surface area contributed by atoms with Gasteiger partial charge in [-0.1, -0.05) is 43.9 Å². The number of esters is 1. The summed E-state index contributed by atoms with van der Waals surface area (Å²) in [5, 5.41) is 13.8. The van der Waals surface area contributed by atoms with Gasteiger partial charge in [-0.05, 0) is 12.8 Å². The van der Waals surface area contributed by atoms with Crippen LogP contribution in [0.4, 0.5) is 5.69 Å². The Morgan fingerprint density at radius 3 is 2.50 bits per heavy atom. The highest BCUT2D eigenvalue weighted by Crippen LogP contribution is 2.19. The molecule has 1 aliphatic rings. The lowest BCUT2D eigenvalue weighted by molar-refractivity contribution is -0.385. The molecule has 1 fully saturated rings. The van der Waals surface area contributed by atoms with Crippen molar-refractivity contribution in [3.8, 4) is 0 Å². The molecule has 24 heavy (non-hydrogen) atoms. The molecule has 1 amide bonds. The van der Waals surface area contributed by atoms with Crippen LogP contribution in [0, 0.1) is 10.1 Å². The van der Waals surface area contributed by atoms with Gasteiger partial charge in [0.2, 0.25) is 0 Å². The molecule has 1 saturated carbocycles. The van der Waals surface area contributed by atoms with Crippen LogP contribution < -0.4 is 5.32 Å². The highest BCUT2D eigenvalue weighted by atomic mass is 16.6. The third-order valence-corrected chi connectivity index (χ3v) is 4.11. The summed E-state index contributed by atoms with van der Waals surface area (Å²) in [6, 6.07) is 6.14. The molecule has 0 unspecified atom stereocenters. The molecule has 0 saturated heterocycles. The van der Waals surface area contributed by atoms with Crippen molar-refractivity contribution in [1.82, 2.24) is 5.32 Å². The van der Waals surface area contributed by atoms with Crippen molar-refractivity contribution in [2.75, 3.05) is 6.61 Å². The van der Waals surface area contributed by atoms with Crippen molar-refractivity contribution in [1.29, 1.82) is 0 Å². The first-order valence-corrected chi connectivity index (χ1v) is 8.23. The minimum Gasteiger partial charge on any atom is -0.455 e. The first-order chi connectivity index (χ1) is 11.6. The number of benzene rings is 1. The second-order valence-corrected chi connectivity index (χ2v) is 5.98. The van der Waals surface area contributed by atoms with Gasteiger partial charge in [-0.3, -0.25) is 19.7 Å². The van der Waals surface area contributed by atoms with E-state index in [2.05, 4.69) is 5.32 Å². The van der Waals surface area contributed by atoms with Crippen LogP contribution in [0.3, 0.4) is 0 Å². The fourth-order valence-electron chi connectivity index (χ4n) is 2.88. The topological polar surface area (TPSA) is 98.5 Å². The summed E-state index contributed by atoms with van der Waals surface area (Å²) in [4.78, 5) is 34.0. The maximum absolute atomic E-state index is 11.9. The molecule has 0 atom stereocenters. The van der Waals surface area contributed by atoms with Gasteiger partial charge in [-0.2, -0.15) is 0 Å². The molecule has 1 N–H and O–H groups in total. The van der Waals surface area contributed by atoms with Gasteiger partial charge in [0.05, 0.1) is 11.3 Å². The summed E-state index contributed by atoms with van der Waals surface area (Å²) in [6.45, 7) is -0.351. The van der Waals surface area contributed by atoms with Gasteiger partial charge in [-0.25, -0.2) is 0 Å². The van der Waals surface area contributed by atoms with Crippen molar-refractivity contribution in [3.05, 3.63) is 39.9 Å². The monoisotopic (exact) mass is 334 g/mol. The zero-order valence-electron chi connectivity index (χ0n) is 13.5. The molecule has 7 heteroatoms. The Morgan fingerprint density at radius 2 is 1.83 bits per heavy atom. The average molecular weight is 334 g/mol. The lowest BCUT2D eigenvalue weighted by Gasteiger charge is -2.16. The van der Waals surface area contributed by atoms with Crippen molar-refractivity contribution in [3.63, 3.8) is 0 Å². The van der Waals surface area contributed by atoms with E-state index in [0.717, 1.165) is 25.7 Å². The van der Waals surface area contributed by atoms with Gasteiger partial charge in [-0.15, -0.1) is 0 Å². The van der Waals surface area contributed by atoms with Crippen LogP contribution in [0.1, 0.15) is 44.1 Å². The Kier molecular flexibility index (Phi) is 6.72. The molecule has 130 valence electrons. The molecule has 1 aromatic rings. The molecule has 1 aromatic carbocycles. The van der Waals surface area contributed by atoms with Crippen molar-refractivity contribution >= 4 is 17.6 Å². The lowest BCUT2D eigenvalue weighted by Crippen LogP contribution is -2.37. The number of nitro groups is 1. The molecular weight excluding hydrogens is 312 g/mol. The highest BCUT2D eigenvalue weighted by molar-refractivity contribution is 5.81. The summed E-state index contributed by atoms with van der Waals surface area (Å²) >= 11 is 0. The van der Waals surface area contributed by atoms with Gasteiger partial charge in [0, 0.05) is 17.7 Å². The summed E-state index contributed by atoms with van der Waals surface area (Å²) in [5.41, 5.74) is 0.147. The van der Waals surface area contributed by atoms with Gasteiger partial charge in [0.1, 0.15) is 0 Å². The summed E-state index contributed by atoms with van der Waals surface area (Å²) in [7, 11) is 0. The molecule has 2 rings (SSSR count). The largest absolute Gasteiger partial charge is 0.455 e. The van der Waals surface area contributed by atoms with Crippen LogP contribution in [0.15, 0.2) is 24.3 Å². The minimum atomic E-state index is -0.652. The zero-order chi connectivity index (χ0) is 17.4. The molecule has 0 spiro atoms.